The van der Waals surface area contributed by atoms with E-state index >= 15 is 0 Å². The molecule has 6 aromatic rings. The molecule has 38 heavy (non-hydrogen) atoms. The summed E-state index contributed by atoms with van der Waals surface area (Å²) in [5.41, 5.74) is 5.42. The Hall–Kier alpha value is -4.63. The van der Waals surface area contributed by atoms with Gasteiger partial charge in [0.25, 0.3) is 5.91 Å². The quantitative estimate of drug-likeness (QED) is 0.193. The van der Waals surface area contributed by atoms with Crippen molar-refractivity contribution in [3.63, 3.8) is 0 Å². The van der Waals surface area contributed by atoms with Crippen molar-refractivity contribution < 1.29 is 9.90 Å². The Bertz CT molecular complexity index is 1760. The number of hydrogen-bond donors (Lipinski definition) is 4. The van der Waals surface area contributed by atoms with Crippen molar-refractivity contribution in [3.8, 4) is 17.0 Å². The van der Waals surface area contributed by atoms with Crippen LogP contribution in [0.2, 0.25) is 0 Å². The van der Waals surface area contributed by atoms with Gasteiger partial charge in [-0.15, -0.1) is 0 Å². The number of phenolic OH excluding ortho intramolecular Hbond substituents is 1. The van der Waals surface area contributed by atoms with E-state index in [1.165, 1.54) is 0 Å². The fraction of sp³-hybridized carbons (Fsp3) is 0.0690. The number of hydrogen-bond acceptors (Lipinski definition) is 5. The SMILES string of the molecule is O=C(NCc1cccc(CNc2cc(-c3ccccc3O)nc3c(Br)cnn23)c1)c1cc2ccccc2[nH]1. The van der Waals surface area contributed by atoms with Gasteiger partial charge in [-0.05, 0) is 51.3 Å². The van der Waals surface area contributed by atoms with Gasteiger partial charge in [0.1, 0.15) is 17.3 Å². The number of halogens is 1. The molecule has 0 aliphatic rings. The highest BCUT2D eigenvalue weighted by atomic mass is 79.9. The number of phenols is 1. The first-order chi connectivity index (χ1) is 18.5. The predicted octanol–water partition coefficient (Wildman–Crippen LogP) is 5.89. The number of fused-ring (bicyclic) bond motifs is 2. The maximum atomic E-state index is 12.7. The molecule has 0 atom stereocenters. The van der Waals surface area contributed by atoms with Gasteiger partial charge < -0.3 is 20.7 Å². The summed E-state index contributed by atoms with van der Waals surface area (Å²) >= 11 is 3.51. The maximum absolute atomic E-state index is 12.7. The number of amides is 1. The molecule has 3 heterocycles. The summed E-state index contributed by atoms with van der Waals surface area (Å²) < 4.78 is 2.48. The lowest BCUT2D eigenvalue weighted by molar-refractivity contribution is 0.0946. The van der Waals surface area contributed by atoms with Crippen LogP contribution in [0.4, 0.5) is 5.82 Å². The van der Waals surface area contributed by atoms with Gasteiger partial charge >= 0.3 is 0 Å². The van der Waals surface area contributed by atoms with Gasteiger partial charge in [-0.1, -0.05) is 54.6 Å². The van der Waals surface area contributed by atoms with E-state index in [2.05, 4.69) is 47.7 Å². The summed E-state index contributed by atoms with van der Waals surface area (Å²) in [7, 11) is 0. The fourth-order valence-electron chi connectivity index (χ4n) is 4.41. The number of carbonyl (C=O) groups excluding carboxylic acids is 1. The first kappa shape index (κ1) is 23.7. The number of aromatic nitrogens is 4. The molecule has 0 saturated heterocycles. The molecule has 4 N–H and O–H groups in total. The number of carbonyl (C=O) groups is 1. The third-order valence-electron chi connectivity index (χ3n) is 6.30. The summed E-state index contributed by atoms with van der Waals surface area (Å²) in [5, 5.41) is 22.2. The van der Waals surface area contributed by atoms with Gasteiger partial charge in [0.15, 0.2) is 5.65 Å². The highest BCUT2D eigenvalue weighted by Crippen LogP contribution is 2.31. The Labute approximate surface area is 226 Å². The smallest absolute Gasteiger partial charge is 0.267 e. The lowest BCUT2D eigenvalue weighted by Crippen LogP contribution is -2.23. The third-order valence-corrected chi connectivity index (χ3v) is 6.86. The van der Waals surface area contributed by atoms with Crippen LogP contribution >= 0.6 is 15.9 Å². The zero-order valence-electron chi connectivity index (χ0n) is 20.1. The molecule has 1 amide bonds. The molecule has 3 aromatic carbocycles. The molecular weight excluding hydrogens is 544 g/mol. The van der Waals surface area contributed by atoms with Crippen LogP contribution in [0.25, 0.3) is 27.8 Å². The molecule has 0 bridgehead atoms. The zero-order valence-corrected chi connectivity index (χ0v) is 21.7. The van der Waals surface area contributed by atoms with Crippen molar-refractivity contribution in [1.29, 1.82) is 0 Å². The standard InChI is InChI=1S/C29H23BrN6O2/c30-22-17-33-36-27(14-24(35-28(22)36)21-9-2-4-11-26(21)37)31-15-18-6-5-7-19(12-18)16-32-29(38)25-13-20-8-1-3-10-23(20)34-25/h1-14,17,31,34,37H,15-16H2,(H,32,38). The second-order valence-electron chi connectivity index (χ2n) is 8.90. The molecule has 0 spiro atoms. The van der Waals surface area contributed by atoms with Crippen LogP contribution in [0.3, 0.4) is 0 Å². The Kier molecular flexibility index (Phi) is 6.27. The average molecular weight is 567 g/mol. The topological polar surface area (TPSA) is 107 Å². The maximum Gasteiger partial charge on any atom is 0.267 e. The Balaban J connectivity index is 1.18. The van der Waals surface area contributed by atoms with E-state index in [0.29, 0.717) is 35.7 Å². The molecule has 0 saturated carbocycles. The number of anilines is 1. The van der Waals surface area contributed by atoms with Crippen molar-refractivity contribution in [3.05, 3.63) is 112 Å². The lowest BCUT2D eigenvalue weighted by Gasteiger charge is -2.12. The van der Waals surface area contributed by atoms with Crippen LogP contribution in [0.15, 0.2) is 95.6 Å². The molecule has 0 aliphatic carbocycles. The number of aromatic hydroxyl groups is 1. The molecule has 0 radical (unpaired) electrons. The van der Waals surface area contributed by atoms with Gasteiger partial charge in [0.2, 0.25) is 0 Å². The predicted molar refractivity (Wildman–Crippen MR) is 151 cm³/mol. The number of rotatable bonds is 7. The van der Waals surface area contributed by atoms with Crippen molar-refractivity contribution in [1.82, 2.24) is 24.9 Å². The van der Waals surface area contributed by atoms with E-state index in [4.69, 9.17) is 0 Å². The van der Waals surface area contributed by atoms with E-state index in [1.807, 2.05) is 66.7 Å². The molecular formula is C29H23BrN6O2. The minimum absolute atomic E-state index is 0.148. The van der Waals surface area contributed by atoms with Crippen molar-refractivity contribution in [2.75, 3.05) is 5.32 Å². The largest absolute Gasteiger partial charge is 0.507 e. The molecule has 0 fully saturated rings. The Morgan fingerprint density at radius 3 is 2.58 bits per heavy atom. The number of nitrogens with one attached hydrogen (secondary N) is 3. The lowest BCUT2D eigenvalue weighted by atomic mass is 10.1. The van der Waals surface area contributed by atoms with Gasteiger partial charge in [0, 0.05) is 35.6 Å². The van der Waals surface area contributed by atoms with Crippen LogP contribution in [-0.4, -0.2) is 30.6 Å². The van der Waals surface area contributed by atoms with E-state index in [-0.39, 0.29) is 11.7 Å². The number of H-pyrrole nitrogens is 1. The average Bonchev–Trinajstić information content (AvgIpc) is 3.55. The minimum atomic E-state index is -0.148. The summed E-state index contributed by atoms with van der Waals surface area (Å²) in [6.45, 7) is 0.936. The van der Waals surface area contributed by atoms with Gasteiger partial charge in [-0.2, -0.15) is 9.61 Å². The van der Waals surface area contributed by atoms with Crippen LogP contribution < -0.4 is 10.6 Å². The van der Waals surface area contributed by atoms with Crippen LogP contribution in [0.1, 0.15) is 21.6 Å². The molecule has 0 unspecified atom stereocenters. The van der Waals surface area contributed by atoms with Crippen LogP contribution in [0.5, 0.6) is 5.75 Å². The molecule has 3 aromatic heterocycles. The summed E-state index contributed by atoms with van der Waals surface area (Å²) in [6.07, 6.45) is 1.69. The molecule has 188 valence electrons. The first-order valence-corrected chi connectivity index (χ1v) is 12.8. The number of para-hydroxylation sites is 2. The summed E-state index contributed by atoms with van der Waals surface area (Å²) in [4.78, 5) is 20.5. The van der Waals surface area contributed by atoms with E-state index in [0.717, 1.165) is 32.3 Å². The monoisotopic (exact) mass is 566 g/mol. The van der Waals surface area contributed by atoms with Gasteiger partial charge in [-0.3, -0.25) is 4.79 Å². The van der Waals surface area contributed by atoms with Crippen LogP contribution in [0, 0.1) is 0 Å². The van der Waals surface area contributed by atoms with E-state index in [9.17, 15) is 9.90 Å². The van der Waals surface area contributed by atoms with E-state index in [1.54, 1.807) is 22.8 Å². The number of benzene rings is 3. The highest BCUT2D eigenvalue weighted by Gasteiger charge is 2.14. The minimum Gasteiger partial charge on any atom is -0.507 e. The zero-order chi connectivity index (χ0) is 26.1. The van der Waals surface area contributed by atoms with Gasteiger partial charge in [-0.25, -0.2) is 4.98 Å². The second-order valence-corrected chi connectivity index (χ2v) is 9.75. The highest BCUT2D eigenvalue weighted by molar-refractivity contribution is 9.10. The first-order valence-electron chi connectivity index (χ1n) is 12.1. The fourth-order valence-corrected chi connectivity index (χ4v) is 4.75. The summed E-state index contributed by atoms with van der Waals surface area (Å²) in [6, 6.07) is 26.7. The van der Waals surface area contributed by atoms with E-state index < -0.39 is 0 Å². The molecule has 8 nitrogen and oxygen atoms in total. The number of nitrogens with zero attached hydrogens (tertiary/aromatic N) is 3. The molecule has 0 aliphatic heterocycles. The van der Waals surface area contributed by atoms with Crippen molar-refractivity contribution in [2.24, 2.45) is 0 Å². The molecule has 9 heteroatoms. The van der Waals surface area contributed by atoms with Crippen LogP contribution in [-0.2, 0) is 13.1 Å². The Morgan fingerprint density at radius 1 is 0.947 bits per heavy atom. The molecule has 6 rings (SSSR count). The van der Waals surface area contributed by atoms with Gasteiger partial charge in [0.05, 0.1) is 16.4 Å². The second kappa shape index (κ2) is 10.0. The summed E-state index contributed by atoms with van der Waals surface area (Å²) in [5.74, 6) is 0.745. The number of aromatic amines is 1. The third kappa shape index (κ3) is 4.71. The van der Waals surface area contributed by atoms with Crippen molar-refractivity contribution >= 4 is 44.2 Å². The Morgan fingerprint density at radius 2 is 1.74 bits per heavy atom. The van der Waals surface area contributed by atoms with Crippen molar-refractivity contribution in [2.45, 2.75) is 13.1 Å². The normalized spacial score (nSPS) is 11.2.